The van der Waals surface area contributed by atoms with E-state index in [0.29, 0.717) is 31.1 Å². The van der Waals surface area contributed by atoms with Gasteiger partial charge in [-0.15, -0.1) is 0 Å². The van der Waals surface area contributed by atoms with E-state index in [-0.39, 0.29) is 5.91 Å². The van der Waals surface area contributed by atoms with Gasteiger partial charge in [-0.2, -0.15) is 4.98 Å². The molecule has 1 N–H and O–H groups in total. The minimum atomic E-state index is -0.00976. The van der Waals surface area contributed by atoms with E-state index in [2.05, 4.69) is 27.6 Å². The molecule has 1 amide bonds. The first-order chi connectivity index (χ1) is 11.8. The van der Waals surface area contributed by atoms with Crippen molar-refractivity contribution in [3.05, 3.63) is 60.5 Å². The molecule has 3 aromatic rings. The maximum Gasteiger partial charge on any atom is 0.227 e. The van der Waals surface area contributed by atoms with Gasteiger partial charge in [0.1, 0.15) is 0 Å². The van der Waals surface area contributed by atoms with Gasteiger partial charge >= 0.3 is 0 Å². The fourth-order valence-electron chi connectivity index (χ4n) is 2.42. The molecule has 5 heteroatoms. The van der Waals surface area contributed by atoms with Crippen LogP contribution in [0.25, 0.3) is 22.5 Å². The maximum atomic E-state index is 11.5. The van der Waals surface area contributed by atoms with E-state index < -0.39 is 0 Å². The first-order valence-corrected chi connectivity index (χ1v) is 8.01. The van der Waals surface area contributed by atoms with Crippen molar-refractivity contribution < 1.29 is 9.32 Å². The van der Waals surface area contributed by atoms with Crippen LogP contribution in [0.5, 0.6) is 0 Å². The quantitative estimate of drug-likeness (QED) is 0.755. The molecule has 1 aromatic heterocycles. The summed E-state index contributed by atoms with van der Waals surface area (Å²) in [6.07, 6.45) is 0.795. The lowest BCUT2D eigenvalue weighted by Gasteiger charge is -2.01. The van der Waals surface area contributed by atoms with Crippen LogP contribution in [0.3, 0.4) is 0 Å². The number of carbonyl (C=O) groups is 1. The molecule has 0 radical (unpaired) electrons. The van der Waals surface area contributed by atoms with Crippen molar-refractivity contribution in [3.63, 3.8) is 0 Å². The summed E-state index contributed by atoms with van der Waals surface area (Å²) in [5.74, 6) is 1.01. The van der Waals surface area contributed by atoms with Crippen molar-refractivity contribution in [2.24, 2.45) is 0 Å². The number of hydrogen-bond acceptors (Lipinski definition) is 4. The van der Waals surface area contributed by atoms with Gasteiger partial charge in [0.25, 0.3) is 0 Å². The van der Waals surface area contributed by atoms with Crippen LogP contribution in [-0.4, -0.2) is 22.6 Å². The number of nitrogens with zero attached hydrogens (tertiary/aromatic N) is 2. The molecular weight excluding hydrogens is 302 g/mol. The SMILES string of the molecule is CCNC(=O)CCc1nc(-c2ccc(-c3ccccc3)cc2)no1. The Morgan fingerprint density at radius 2 is 1.67 bits per heavy atom. The molecule has 0 spiro atoms. The monoisotopic (exact) mass is 321 g/mol. The van der Waals surface area contributed by atoms with Crippen LogP contribution in [0.1, 0.15) is 19.2 Å². The molecule has 1 heterocycles. The van der Waals surface area contributed by atoms with E-state index in [1.807, 2.05) is 49.4 Å². The van der Waals surface area contributed by atoms with Crippen molar-refractivity contribution in [2.45, 2.75) is 19.8 Å². The van der Waals surface area contributed by atoms with Crippen LogP contribution in [0.15, 0.2) is 59.1 Å². The lowest BCUT2D eigenvalue weighted by molar-refractivity contribution is -0.121. The van der Waals surface area contributed by atoms with Crippen molar-refractivity contribution in [1.29, 1.82) is 0 Å². The van der Waals surface area contributed by atoms with E-state index in [9.17, 15) is 4.79 Å². The largest absolute Gasteiger partial charge is 0.356 e. The van der Waals surface area contributed by atoms with Crippen LogP contribution < -0.4 is 5.32 Å². The average Bonchev–Trinajstić information content (AvgIpc) is 3.10. The fourth-order valence-corrected chi connectivity index (χ4v) is 2.42. The number of nitrogens with one attached hydrogen (secondary N) is 1. The molecule has 2 aromatic carbocycles. The second-order valence-electron chi connectivity index (χ2n) is 5.41. The molecule has 0 aliphatic heterocycles. The zero-order chi connectivity index (χ0) is 16.8. The third-order valence-electron chi connectivity index (χ3n) is 3.66. The van der Waals surface area contributed by atoms with Crippen LogP contribution in [0.2, 0.25) is 0 Å². The molecular formula is C19H19N3O2. The van der Waals surface area contributed by atoms with Gasteiger partial charge in [-0.1, -0.05) is 59.8 Å². The van der Waals surface area contributed by atoms with Gasteiger partial charge in [-0.05, 0) is 18.1 Å². The lowest BCUT2D eigenvalue weighted by atomic mass is 10.0. The van der Waals surface area contributed by atoms with Crippen LogP contribution in [0, 0.1) is 0 Å². The molecule has 0 fully saturated rings. The van der Waals surface area contributed by atoms with E-state index in [4.69, 9.17) is 4.52 Å². The second-order valence-corrected chi connectivity index (χ2v) is 5.41. The van der Waals surface area contributed by atoms with Gasteiger partial charge in [0, 0.05) is 24.9 Å². The molecule has 0 aliphatic carbocycles. The highest BCUT2D eigenvalue weighted by atomic mass is 16.5. The molecule has 0 unspecified atom stereocenters. The first-order valence-electron chi connectivity index (χ1n) is 8.01. The minimum Gasteiger partial charge on any atom is -0.356 e. The van der Waals surface area contributed by atoms with Gasteiger partial charge in [0.05, 0.1) is 0 Å². The summed E-state index contributed by atoms with van der Waals surface area (Å²) in [6, 6.07) is 18.2. The third kappa shape index (κ3) is 3.87. The number of amides is 1. The van der Waals surface area contributed by atoms with Crippen LogP contribution in [-0.2, 0) is 11.2 Å². The standard InChI is InChI=1S/C19H19N3O2/c1-2-20-17(23)12-13-18-21-19(22-24-18)16-10-8-15(9-11-16)14-6-4-3-5-7-14/h3-11H,2,12-13H2,1H3,(H,20,23). The fraction of sp³-hybridized carbons (Fsp3) is 0.211. The number of aryl methyl sites for hydroxylation is 1. The van der Waals surface area contributed by atoms with Crippen LogP contribution >= 0.6 is 0 Å². The number of rotatable bonds is 6. The molecule has 3 rings (SSSR count). The Bertz CT molecular complexity index is 795. The Kier molecular flexibility index (Phi) is 5.01. The van der Waals surface area contributed by atoms with E-state index >= 15 is 0 Å². The highest BCUT2D eigenvalue weighted by Crippen LogP contribution is 2.23. The number of hydrogen-bond donors (Lipinski definition) is 1. The van der Waals surface area contributed by atoms with Crippen molar-refractivity contribution >= 4 is 5.91 Å². The Labute approximate surface area is 140 Å². The number of aromatic nitrogens is 2. The molecule has 0 bridgehead atoms. The van der Waals surface area contributed by atoms with Crippen molar-refractivity contribution in [3.8, 4) is 22.5 Å². The van der Waals surface area contributed by atoms with E-state index in [1.165, 1.54) is 5.56 Å². The summed E-state index contributed by atoms with van der Waals surface area (Å²) in [4.78, 5) is 15.8. The molecule has 0 aliphatic rings. The Hall–Kier alpha value is -2.95. The normalized spacial score (nSPS) is 10.5. The summed E-state index contributed by atoms with van der Waals surface area (Å²) >= 11 is 0. The minimum absolute atomic E-state index is 0.00976. The number of carbonyl (C=O) groups excluding carboxylic acids is 1. The maximum absolute atomic E-state index is 11.5. The predicted octanol–water partition coefficient (Wildman–Crippen LogP) is 3.47. The van der Waals surface area contributed by atoms with Gasteiger partial charge in [0.15, 0.2) is 0 Å². The zero-order valence-corrected chi connectivity index (χ0v) is 13.5. The average molecular weight is 321 g/mol. The molecule has 0 atom stereocenters. The van der Waals surface area contributed by atoms with E-state index in [1.54, 1.807) is 0 Å². The highest BCUT2D eigenvalue weighted by Gasteiger charge is 2.10. The Morgan fingerprint density at radius 3 is 2.38 bits per heavy atom. The van der Waals surface area contributed by atoms with Crippen molar-refractivity contribution in [2.75, 3.05) is 6.54 Å². The molecule has 122 valence electrons. The van der Waals surface area contributed by atoms with Gasteiger partial charge in [0.2, 0.25) is 17.6 Å². The Morgan fingerprint density at radius 1 is 1.00 bits per heavy atom. The van der Waals surface area contributed by atoms with Gasteiger partial charge in [-0.25, -0.2) is 0 Å². The zero-order valence-electron chi connectivity index (χ0n) is 13.5. The topological polar surface area (TPSA) is 68.0 Å². The second kappa shape index (κ2) is 7.55. The Balaban J connectivity index is 1.68. The summed E-state index contributed by atoms with van der Waals surface area (Å²) in [7, 11) is 0. The predicted molar refractivity (Wildman–Crippen MR) is 92.2 cm³/mol. The van der Waals surface area contributed by atoms with Gasteiger partial charge < -0.3 is 9.84 Å². The smallest absolute Gasteiger partial charge is 0.227 e. The van der Waals surface area contributed by atoms with Crippen LogP contribution in [0.4, 0.5) is 0 Å². The summed E-state index contributed by atoms with van der Waals surface area (Å²) in [5.41, 5.74) is 3.20. The summed E-state index contributed by atoms with van der Waals surface area (Å²) in [5, 5.41) is 6.74. The lowest BCUT2D eigenvalue weighted by Crippen LogP contribution is -2.22. The third-order valence-corrected chi connectivity index (χ3v) is 3.66. The molecule has 24 heavy (non-hydrogen) atoms. The molecule has 5 nitrogen and oxygen atoms in total. The number of benzene rings is 2. The molecule has 0 saturated heterocycles. The highest BCUT2D eigenvalue weighted by molar-refractivity contribution is 5.76. The van der Waals surface area contributed by atoms with Gasteiger partial charge in [-0.3, -0.25) is 4.79 Å². The first kappa shape index (κ1) is 15.9. The summed E-state index contributed by atoms with van der Waals surface area (Å²) < 4.78 is 5.22. The van der Waals surface area contributed by atoms with E-state index in [0.717, 1.165) is 11.1 Å². The summed E-state index contributed by atoms with van der Waals surface area (Å²) in [6.45, 7) is 2.52. The molecule has 0 saturated carbocycles. The van der Waals surface area contributed by atoms with Crippen molar-refractivity contribution in [1.82, 2.24) is 15.5 Å².